The summed E-state index contributed by atoms with van der Waals surface area (Å²) in [7, 11) is 0. The lowest BCUT2D eigenvalue weighted by atomic mass is 10.1. The number of carbonyl (C=O) groups is 1. The molecule has 2 rings (SSSR count). The monoisotopic (exact) mass is 308 g/mol. The number of likely N-dealkylation sites (tertiary alicyclic amines) is 1. The van der Waals surface area contributed by atoms with Crippen molar-refractivity contribution in [2.75, 3.05) is 19.6 Å². The highest BCUT2D eigenvalue weighted by molar-refractivity contribution is 5.68. The van der Waals surface area contributed by atoms with Crippen LogP contribution in [0.1, 0.15) is 65.7 Å². The average Bonchev–Trinajstić information content (AvgIpc) is 2.81. The second-order valence-corrected chi connectivity index (χ2v) is 7.55. The fourth-order valence-electron chi connectivity index (χ4n) is 3.21. The standard InChI is InChI=1S/C18H32N2O2/c1-18(2,3)22-17(21)20-13-6-9-16(11-14-20)19-12-10-15-7-4-5-8-15/h7,16,19H,4-6,8-14H2,1-3H3. The van der Waals surface area contributed by atoms with Gasteiger partial charge < -0.3 is 15.0 Å². The van der Waals surface area contributed by atoms with Gasteiger partial charge in [-0.2, -0.15) is 0 Å². The van der Waals surface area contributed by atoms with E-state index in [1.165, 1.54) is 25.7 Å². The summed E-state index contributed by atoms with van der Waals surface area (Å²) in [6.07, 6.45) is 10.6. The maximum absolute atomic E-state index is 12.1. The van der Waals surface area contributed by atoms with Crippen molar-refractivity contribution in [2.24, 2.45) is 0 Å². The third-order valence-electron chi connectivity index (χ3n) is 4.39. The van der Waals surface area contributed by atoms with Crippen LogP contribution in [0.3, 0.4) is 0 Å². The fourth-order valence-corrected chi connectivity index (χ4v) is 3.21. The highest BCUT2D eigenvalue weighted by Gasteiger charge is 2.24. The van der Waals surface area contributed by atoms with Gasteiger partial charge in [0.05, 0.1) is 0 Å². The number of allylic oxidation sites excluding steroid dienone is 1. The van der Waals surface area contributed by atoms with Crippen molar-refractivity contribution in [3.63, 3.8) is 0 Å². The Balaban J connectivity index is 1.69. The first-order chi connectivity index (χ1) is 10.4. The van der Waals surface area contributed by atoms with Crippen LogP contribution in [0.4, 0.5) is 4.79 Å². The van der Waals surface area contributed by atoms with E-state index in [1.807, 2.05) is 25.7 Å². The van der Waals surface area contributed by atoms with E-state index in [4.69, 9.17) is 4.74 Å². The number of rotatable bonds is 4. The Labute approximate surface area is 135 Å². The molecule has 22 heavy (non-hydrogen) atoms. The van der Waals surface area contributed by atoms with Gasteiger partial charge in [0.15, 0.2) is 0 Å². The van der Waals surface area contributed by atoms with Gasteiger partial charge in [0.2, 0.25) is 0 Å². The van der Waals surface area contributed by atoms with Crippen molar-refractivity contribution in [3.05, 3.63) is 11.6 Å². The van der Waals surface area contributed by atoms with E-state index in [2.05, 4.69) is 11.4 Å². The van der Waals surface area contributed by atoms with Crippen LogP contribution in [-0.4, -0.2) is 42.3 Å². The molecule has 1 saturated heterocycles. The summed E-state index contributed by atoms with van der Waals surface area (Å²) in [5.41, 5.74) is 1.22. The Morgan fingerprint density at radius 2 is 2.14 bits per heavy atom. The number of amides is 1. The lowest BCUT2D eigenvalue weighted by Gasteiger charge is -2.26. The molecule has 4 nitrogen and oxygen atoms in total. The Bertz CT molecular complexity index is 398. The summed E-state index contributed by atoms with van der Waals surface area (Å²) in [4.78, 5) is 14.0. The van der Waals surface area contributed by atoms with Crippen molar-refractivity contribution in [1.29, 1.82) is 0 Å². The van der Waals surface area contributed by atoms with Crippen LogP contribution in [0.25, 0.3) is 0 Å². The van der Waals surface area contributed by atoms with E-state index >= 15 is 0 Å². The molecule has 0 bridgehead atoms. The van der Waals surface area contributed by atoms with Crippen LogP contribution in [0.15, 0.2) is 11.6 Å². The van der Waals surface area contributed by atoms with Gasteiger partial charge in [0.1, 0.15) is 5.60 Å². The first-order valence-corrected chi connectivity index (χ1v) is 8.83. The predicted octanol–water partition coefficient (Wildman–Crippen LogP) is 3.87. The molecule has 0 aromatic rings. The molecule has 1 N–H and O–H groups in total. The fraction of sp³-hybridized carbons (Fsp3) is 0.833. The minimum atomic E-state index is -0.407. The van der Waals surface area contributed by atoms with Crippen LogP contribution in [0.2, 0.25) is 0 Å². The Kier molecular flexibility index (Phi) is 6.30. The molecule has 0 saturated carbocycles. The number of carbonyl (C=O) groups excluding carboxylic acids is 1. The molecule has 1 aliphatic carbocycles. The second-order valence-electron chi connectivity index (χ2n) is 7.55. The van der Waals surface area contributed by atoms with Crippen LogP contribution >= 0.6 is 0 Å². The van der Waals surface area contributed by atoms with Crippen molar-refractivity contribution < 1.29 is 9.53 Å². The zero-order chi connectivity index (χ0) is 16.0. The van der Waals surface area contributed by atoms with Gasteiger partial charge in [-0.25, -0.2) is 4.79 Å². The summed E-state index contributed by atoms with van der Waals surface area (Å²) in [5, 5.41) is 3.68. The van der Waals surface area contributed by atoms with E-state index in [-0.39, 0.29) is 6.09 Å². The van der Waals surface area contributed by atoms with Gasteiger partial charge >= 0.3 is 6.09 Å². The molecule has 0 radical (unpaired) electrons. The molecular formula is C18H32N2O2. The highest BCUT2D eigenvalue weighted by Crippen LogP contribution is 2.20. The molecule has 0 aromatic heterocycles. The summed E-state index contributed by atoms with van der Waals surface area (Å²) in [5.74, 6) is 0. The number of nitrogens with zero attached hydrogens (tertiary/aromatic N) is 1. The molecule has 0 aromatic carbocycles. The van der Waals surface area contributed by atoms with Crippen molar-refractivity contribution in [1.82, 2.24) is 10.2 Å². The van der Waals surface area contributed by atoms with Gasteiger partial charge in [-0.1, -0.05) is 11.6 Å². The lowest BCUT2D eigenvalue weighted by molar-refractivity contribution is 0.0256. The van der Waals surface area contributed by atoms with Crippen LogP contribution in [0.5, 0.6) is 0 Å². The SMILES string of the molecule is CC(C)(C)OC(=O)N1CCCC(NCCC2=CCCC2)CC1. The second kappa shape index (κ2) is 8.00. The molecule has 1 atom stereocenters. The molecule has 0 spiro atoms. The minimum Gasteiger partial charge on any atom is -0.444 e. The van der Waals surface area contributed by atoms with Crippen molar-refractivity contribution in [3.8, 4) is 0 Å². The van der Waals surface area contributed by atoms with E-state index in [0.717, 1.165) is 38.9 Å². The first kappa shape index (κ1) is 17.3. The van der Waals surface area contributed by atoms with Crippen LogP contribution in [-0.2, 0) is 4.74 Å². The van der Waals surface area contributed by atoms with Gasteiger partial charge in [-0.05, 0) is 72.3 Å². The van der Waals surface area contributed by atoms with Gasteiger partial charge in [0, 0.05) is 19.1 Å². The molecular weight excluding hydrogens is 276 g/mol. The first-order valence-electron chi connectivity index (χ1n) is 8.83. The summed E-state index contributed by atoms with van der Waals surface area (Å²) in [6.45, 7) is 8.46. The number of hydrogen-bond donors (Lipinski definition) is 1. The molecule has 1 fully saturated rings. The number of nitrogens with one attached hydrogen (secondary N) is 1. The van der Waals surface area contributed by atoms with E-state index in [0.29, 0.717) is 6.04 Å². The van der Waals surface area contributed by atoms with Crippen molar-refractivity contribution >= 4 is 6.09 Å². The Hall–Kier alpha value is -1.03. The van der Waals surface area contributed by atoms with Gasteiger partial charge in [0.25, 0.3) is 0 Å². The van der Waals surface area contributed by atoms with Gasteiger partial charge in [-0.3, -0.25) is 0 Å². The third-order valence-corrected chi connectivity index (χ3v) is 4.39. The van der Waals surface area contributed by atoms with Crippen molar-refractivity contribution in [2.45, 2.75) is 77.4 Å². The summed E-state index contributed by atoms with van der Waals surface area (Å²) >= 11 is 0. The topological polar surface area (TPSA) is 41.6 Å². The maximum atomic E-state index is 12.1. The molecule has 126 valence electrons. The number of ether oxygens (including phenoxy) is 1. The van der Waals surface area contributed by atoms with E-state index < -0.39 is 5.60 Å². The highest BCUT2D eigenvalue weighted by atomic mass is 16.6. The van der Waals surface area contributed by atoms with E-state index in [1.54, 1.807) is 5.57 Å². The maximum Gasteiger partial charge on any atom is 0.410 e. The normalized spacial score (nSPS) is 23.1. The molecule has 1 heterocycles. The molecule has 1 unspecified atom stereocenters. The summed E-state index contributed by atoms with van der Waals surface area (Å²) in [6, 6.07) is 0.537. The molecule has 1 amide bonds. The zero-order valence-corrected chi connectivity index (χ0v) is 14.5. The zero-order valence-electron chi connectivity index (χ0n) is 14.5. The smallest absolute Gasteiger partial charge is 0.410 e. The van der Waals surface area contributed by atoms with Crippen LogP contribution < -0.4 is 5.32 Å². The number of hydrogen-bond acceptors (Lipinski definition) is 3. The molecule has 1 aliphatic heterocycles. The Morgan fingerprint density at radius 1 is 1.32 bits per heavy atom. The van der Waals surface area contributed by atoms with Gasteiger partial charge in [-0.15, -0.1) is 0 Å². The quantitative estimate of drug-likeness (QED) is 0.802. The van der Waals surface area contributed by atoms with E-state index in [9.17, 15) is 4.79 Å². The summed E-state index contributed by atoms with van der Waals surface area (Å²) < 4.78 is 5.48. The largest absolute Gasteiger partial charge is 0.444 e. The minimum absolute atomic E-state index is 0.163. The van der Waals surface area contributed by atoms with Crippen LogP contribution in [0, 0.1) is 0 Å². The molecule has 4 heteroatoms. The third kappa shape index (κ3) is 5.99. The predicted molar refractivity (Wildman–Crippen MR) is 90.0 cm³/mol. The molecule has 2 aliphatic rings. The lowest BCUT2D eigenvalue weighted by Crippen LogP contribution is -2.38. The Morgan fingerprint density at radius 3 is 2.82 bits per heavy atom. The average molecular weight is 308 g/mol.